The summed E-state index contributed by atoms with van der Waals surface area (Å²) in [6.45, 7) is 5.66. The molecule has 2 fully saturated rings. The predicted octanol–water partition coefficient (Wildman–Crippen LogP) is -1.67. The minimum Gasteiger partial charge on any atom is -0.394 e. The van der Waals surface area contributed by atoms with Crippen molar-refractivity contribution in [3.8, 4) is 0 Å². The Morgan fingerprint density at radius 1 is 0.974 bits per heavy atom. The molecule has 2 aliphatic rings. The average Bonchev–Trinajstić information content (AvgIpc) is 2.90. The van der Waals surface area contributed by atoms with E-state index in [0.717, 1.165) is 5.56 Å². The van der Waals surface area contributed by atoms with Crippen LogP contribution in [0.5, 0.6) is 0 Å². The van der Waals surface area contributed by atoms with Crippen LogP contribution in [0.3, 0.4) is 0 Å². The van der Waals surface area contributed by atoms with E-state index in [2.05, 4.69) is 17.2 Å². The summed E-state index contributed by atoms with van der Waals surface area (Å²) in [6, 6.07) is 7.04. The fourth-order valence-corrected chi connectivity index (χ4v) is 4.59. The van der Waals surface area contributed by atoms with Gasteiger partial charge < -0.3 is 54.7 Å². The highest BCUT2D eigenvalue weighted by Gasteiger charge is 2.52. The molecule has 2 amide bonds. The predicted molar refractivity (Wildman–Crippen MR) is 135 cm³/mol. The number of aliphatic hydroxyl groups excluding tert-OH is 4. The number of nitrogens with one attached hydrogen (secondary N) is 2. The maximum atomic E-state index is 11.9. The Balaban J connectivity index is 1.91. The molecule has 39 heavy (non-hydrogen) atoms. The van der Waals surface area contributed by atoms with E-state index in [1.807, 2.05) is 30.3 Å². The number of hydrogen-bond acceptors (Lipinski definition) is 11. The van der Waals surface area contributed by atoms with Crippen LogP contribution in [0.15, 0.2) is 43.0 Å². The van der Waals surface area contributed by atoms with Crippen LogP contribution in [0.2, 0.25) is 0 Å². The lowest BCUT2D eigenvalue weighted by atomic mass is 9.94. The molecular formula is C26H38N2O11. The number of carbonyl (C=O) groups is 2. The zero-order chi connectivity index (χ0) is 28.5. The van der Waals surface area contributed by atoms with Crippen LogP contribution in [0.1, 0.15) is 19.4 Å². The molecule has 13 nitrogen and oxygen atoms in total. The summed E-state index contributed by atoms with van der Waals surface area (Å²) in [4.78, 5) is 23.8. The van der Waals surface area contributed by atoms with Crippen molar-refractivity contribution in [2.45, 2.75) is 81.7 Å². The van der Waals surface area contributed by atoms with Gasteiger partial charge in [0.15, 0.2) is 12.6 Å². The van der Waals surface area contributed by atoms with Gasteiger partial charge in [0.05, 0.1) is 26.4 Å². The molecule has 3 rings (SSSR count). The fourth-order valence-electron chi connectivity index (χ4n) is 4.59. The molecule has 0 spiro atoms. The van der Waals surface area contributed by atoms with Gasteiger partial charge in [0.1, 0.15) is 48.7 Å². The number of benzene rings is 1. The van der Waals surface area contributed by atoms with Crippen molar-refractivity contribution in [2.75, 3.05) is 19.8 Å². The average molecular weight is 555 g/mol. The molecule has 2 aliphatic heterocycles. The van der Waals surface area contributed by atoms with Gasteiger partial charge in [-0.25, -0.2) is 0 Å². The Bertz CT molecular complexity index is 936. The van der Waals surface area contributed by atoms with Crippen LogP contribution >= 0.6 is 0 Å². The molecule has 10 atom stereocenters. The maximum Gasteiger partial charge on any atom is 0.217 e. The number of ether oxygens (including phenoxy) is 5. The molecule has 218 valence electrons. The first-order chi connectivity index (χ1) is 18.7. The number of hydrogen-bond donors (Lipinski definition) is 6. The van der Waals surface area contributed by atoms with E-state index >= 15 is 0 Å². The summed E-state index contributed by atoms with van der Waals surface area (Å²) >= 11 is 0. The second-order valence-electron chi connectivity index (χ2n) is 9.41. The quantitative estimate of drug-likeness (QED) is 0.162. The second kappa shape index (κ2) is 14.8. The molecular weight excluding hydrogens is 516 g/mol. The van der Waals surface area contributed by atoms with Crippen LogP contribution < -0.4 is 10.6 Å². The van der Waals surface area contributed by atoms with Crippen molar-refractivity contribution in [3.05, 3.63) is 48.6 Å². The SMILES string of the molecule is C=CCO[C@@H]1[C@@H](NC(C)=O)[C@H](O)O[C@H](COCc2ccccc2)[C@H]1O[C@@H]1O[C@H](CO)[C@@H](O)[C@H](O)[C@H]1NC(C)=O. The molecule has 13 heteroatoms. The molecule has 1 aromatic rings. The standard InChI is InChI=1S/C26H38N2O11/c1-4-10-36-24-20(28-15(3)31)25(34)37-18(13-35-12-16-8-6-5-7-9-16)23(24)39-26-19(27-14(2)30)22(33)21(32)17(11-29)38-26/h4-9,17-26,29,32-34H,1,10-13H2,2-3H3,(H,27,30)(H,28,31)/t17-,18-,19-,20-,21-,22-,23-,24-,25-,26+/m1/s1. The first-order valence-electron chi connectivity index (χ1n) is 12.7. The van der Waals surface area contributed by atoms with Gasteiger partial charge in [-0.15, -0.1) is 6.58 Å². The Hall–Kier alpha value is -2.46. The normalized spacial score (nSPS) is 34.7. The van der Waals surface area contributed by atoms with Gasteiger partial charge in [-0.1, -0.05) is 36.4 Å². The zero-order valence-corrected chi connectivity index (χ0v) is 21.9. The number of carbonyl (C=O) groups excluding carboxylic acids is 2. The molecule has 0 radical (unpaired) electrons. The molecule has 1 aromatic carbocycles. The zero-order valence-electron chi connectivity index (χ0n) is 21.9. The van der Waals surface area contributed by atoms with Crippen LogP contribution in [0, 0.1) is 0 Å². The van der Waals surface area contributed by atoms with E-state index in [1.54, 1.807) is 0 Å². The molecule has 0 aliphatic carbocycles. The van der Waals surface area contributed by atoms with Crippen LogP contribution in [-0.2, 0) is 39.9 Å². The van der Waals surface area contributed by atoms with E-state index in [-0.39, 0.29) is 19.8 Å². The van der Waals surface area contributed by atoms with E-state index < -0.39 is 79.7 Å². The van der Waals surface area contributed by atoms with Gasteiger partial charge >= 0.3 is 0 Å². The molecule has 2 saturated heterocycles. The van der Waals surface area contributed by atoms with Gasteiger partial charge in [0.2, 0.25) is 11.8 Å². The first-order valence-corrected chi connectivity index (χ1v) is 12.7. The Kier molecular flexibility index (Phi) is 11.8. The second-order valence-corrected chi connectivity index (χ2v) is 9.41. The first kappa shape index (κ1) is 31.1. The van der Waals surface area contributed by atoms with Gasteiger partial charge in [0.25, 0.3) is 0 Å². The molecule has 0 aromatic heterocycles. The van der Waals surface area contributed by atoms with Crippen LogP contribution in [0.4, 0.5) is 0 Å². The lowest BCUT2D eigenvalue weighted by molar-refractivity contribution is -0.332. The lowest BCUT2D eigenvalue weighted by Gasteiger charge is -2.48. The van der Waals surface area contributed by atoms with Crippen LogP contribution in [-0.4, -0.2) is 113 Å². The van der Waals surface area contributed by atoms with Crippen molar-refractivity contribution in [1.82, 2.24) is 10.6 Å². The summed E-state index contributed by atoms with van der Waals surface area (Å²) in [5.74, 6) is -0.990. The number of rotatable bonds is 12. The van der Waals surface area contributed by atoms with Gasteiger partial charge in [-0.3, -0.25) is 9.59 Å². The summed E-state index contributed by atoms with van der Waals surface area (Å²) in [7, 11) is 0. The highest BCUT2D eigenvalue weighted by molar-refractivity contribution is 5.73. The van der Waals surface area contributed by atoms with Crippen molar-refractivity contribution in [3.63, 3.8) is 0 Å². The lowest BCUT2D eigenvalue weighted by Crippen LogP contribution is -2.69. The van der Waals surface area contributed by atoms with Gasteiger partial charge in [-0.05, 0) is 5.56 Å². The molecule has 0 saturated carbocycles. The van der Waals surface area contributed by atoms with Crippen molar-refractivity contribution >= 4 is 11.8 Å². The smallest absolute Gasteiger partial charge is 0.217 e. The summed E-state index contributed by atoms with van der Waals surface area (Å²) in [5, 5.41) is 46.7. The van der Waals surface area contributed by atoms with Crippen molar-refractivity contribution in [1.29, 1.82) is 0 Å². The maximum absolute atomic E-state index is 11.9. The van der Waals surface area contributed by atoms with Crippen molar-refractivity contribution < 1.29 is 53.7 Å². The highest BCUT2D eigenvalue weighted by atomic mass is 16.7. The molecule has 0 unspecified atom stereocenters. The van der Waals surface area contributed by atoms with Gasteiger partial charge in [-0.2, -0.15) is 0 Å². The monoisotopic (exact) mass is 554 g/mol. The summed E-state index contributed by atoms with van der Waals surface area (Å²) < 4.78 is 29.5. The third-order valence-corrected chi connectivity index (χ3v) is 6.38. The Labute approximate surface area is 226 Å². The van der Waals surface area contributed by atoms with E-state index in [9.17, 15) is 30.0 Å². The van der Waals surface area contributed by atoms with Crippen LogP contribution in [0.25, 0.3) is 0 Å². The molecule has 2 heterocycles. The number of aliphatic hydroxyl groups is 4. The van der Waals surface area contributed by atoms with E-state index in [1.165, 1.54) is 19.9 Å². The Morgan fingerprint density at radius 2 is 1.64 bits per heavy atom. The Morgan fingerprint density at radius 3 is 2.26 bits per heavy atom. The summed E-state index contributed by atoms with van der Waals surface area (Å²) in [5.41, 5.74) is 0.895. The highest BCUT2D eigenvalue weighted by Crippen LogP contribution is 2.30. The third kappa shape index (κ3) is 8.27. The topological polar surface area (TPSA) is 185 Å². The molecule has 0 bridgehead atoms. The third-order valence-electron chi connectivity index (χ3n) is 6.38. The van der Waals surface area contributed by atoms with E-state index in [4.69, 9.17) is 23.7 Å². The minimum atomic E-state index is -1.55. The fraction of sp³-hybridized carbons (Fsp3) is 0.615. The molecule has 6 N–H and O–H groups in total. The number of amides is 2. The van der Waals surface area contributed by atoms with Crippen molar-refractivity contribution in [2.24, 2.45) is 0 Å². The van der Waals surface area contributed by atoms with Gasteiger partial charge in [0, 0.05) is 13.8 Å². The largest absolute Gasteiger partial charge is 0.394 e. The summed E-state index contributed by atoms with van der Waals surface area (Å²) in [6.07, 6.45) is -8.79. The van der Waals surface area contributed by atoms with E-state index in [0.29, 0.717) is 0 Å². The minimum absolute atomic E-state index is 0.0200.